The summed E-state index contributed by atoms with van der Waals surface area (Å²) in [7, 11) is 0. The molecule has 0 aromatic carbocycles. The summed E-state index contributed by atoms with van der Waals surface area (Å²) in [4.78, 5) is 25.6. The topological polar surface area (TPSA) is 66.7 Å². The summed E-state index contributed by atoms with van der Waals surface area (Å²) in [5, 5.41) is 8.83. The van der Waals surface area contributed by atoms with E-state index in [0.717, 1.165) is 31.1 Å². The number of dihydropyridines is 1. The molecule has 1 aliphatic heterocycles. The molecule has 1 unspecified atom stereocenters. The minimum absolute atomic E-state index is 0.102. The summed E-state index contributed by atoms with van der Waals surface area (Å²) < 4.78 is 0. The minimum atomic E-state index is -0.993. The highest BCUT2D eigenvalue weighted by Gasteiger charge is 2.33. The second-order valence-corrected chi connectivity index (χ2v) is 3.29. The van der Waals surface area contributed by atoms with E-state index < -0.39 is 11.9 Å². The molecule has 1 N–H and O–H groups in total. The molecule has 0 aromatic heterocycles. The summed E-state index contributed by atoms with van der Waals surface area (Å²) in [6, 6.07) is 0. The van der Waals surface area contributed by atoms with E-state index in [0.29, 0.717) is 0 Å². The molecule has 0 spiro atoms. The Kier molecular flexibility index (Phi) is 1.76. The van der Waals surface area contributed by atoms with Crippen molar-refractivity contribution in [2.75, 3.05) is 0 Å². The number of carbonyl (C=O) groups excluding carboxylic acids is 1. The number of amides is 1. The third kappa shape index (κ3) is 1.28. The molecule has 1 amide bonds. The van der Waals surface area contributed by atoms with Crippen LogP contribution >= 0.6 is 0 Å². The van der Waals surface area contributed by atoms with E-state index in [9.17, 15) is 9.59 Å². The zero-order valence-corrected chi connectivity index (χ0v) is 6.99. The standard InChI is InChI=1S/C9H9NO3/c11-8-4-6(9(12)13)5-2-1-3-7(5)10-8/h4-5H,1-3H2,(H,12,13). The third-order valence-electron chi connectivity index (χ3n) is 2.48. The molecule has 0 saturated heterocycles. The zero-order chi connectivity index (χ0) is 9.42. The van der Waals surface area contributed by atoms with Gasteiger partial charge in [0, 0.05) is 17.7 Å². The summed E-state index contributed by atoms with van der Waals surface area (Å²) in [6.07, 6.45) is 3.65. The van der Waals surface area contributed by atoms with Crippen molar-refractivity contribution in [2.24, 2.45) is 10.9 Å². The van der Waals surface area contributed by atoms with E-state index in [1.54, 1.807) is 0 Å². The van der Waals surface area contributed by atoms with Gasteiger partial charge < -0.3 is 5.11 Å². The summed E-state index contributed by atoms with van der Waals surface area (Å²) in [5.41, 5.74) is 0.970. The maximum absolute atomic E-state index is 11.0. The van der Waals surface area contributed by atoms with Crippen LogP contribution in [0.25, 0.3) is 0 Å². The zero-order valence-electron chi connectivity index (χ0n) is 6.99. The van der Waals surface area contributed by atoms with Crippen LogP contribution in [0, 0.1) is 5.92 Å². The average molecular weight is 179 g/mol. The maximum Gasteiger partial charge on any atom is 0.332 e. The van der Waals surface area contributed by atoms with E-state index in [1.165, 1.54) is 0 Å². The number of fused-ring (bicyclic) bond motifs is 1. The molecular formula is C9H9NO3. The Bertz CT molecular complexity index is 341. The van der Waals surface area contributed by atoms with Crippen LogP contribution in [0.1, 0.15) is 19.3 Å². The smallest absolute Gasteiger partial charge is 0.332 e. The largest absolute Gasteiger partial charge is 0.478 e. The lowest BCUT2D eigenvalue weighted by Gasteiger charge is -2.14. The molecule has 1 saturated carbocycles. The van der Waals surface area contributed by atoms with Crippen LogP contribution in [0.15, 0.2) is 16.6 Å². The molecule has 1 atom stereocenters. The van der Waals surface area contributed by atoms with Crippen LogP contribution < -0.4 is 0 Å². The SMILES string of the molecule is O=C1C=C(C(=O)O)C2CCCC2=N1. The van der Waals surface area contributed by atoms with Gasteiger partial charge in [0.1, 0.15) is 0 Å². The lowest BCUT2D eigenvalue weighted by atomic mass is 9.93. The number of carboxylic acid groups (broad SMARTS) is 1. The molecule has 1 aliphatic carbocycles. The van der Waals surface area contributed by atoms with Gasteiger partial charge in [0.05, 0.1) is 5.57 Å². The van der Waals surface area contributed by atoms with Gasteiger partial charge in [-0.05, 0) is 19.3 Å². The molecule has 13 heavy (non-hydrogen) atoms. The van der Waals surface area contributed by atoms with Gasteiger partial charge in [-0.3, -0.25) is 4.79 Å². The number of aliphatic carboxylic acids is 1. The van der Waals surface area contributed by atoms with E-state index in [1.807, 2.05) is 0 Å². The molecule has 0 bridgehead atoms. The number of rotatable bonds is 1. The normalized spacial score (nSPS) is 26.5. The van der Waals surface area contributed by atoms with E-state index in [4.69, 9.17) is 5.11 Å². The van der Waals surface area contributed by atoms with Crippen molar-refractivity contribution >= 4 is 17.6 Å². The second kappa shape index (κ2) is 2.80. The van der Waals surface area contributed by atoms with E-state index in [-0.39, 0.29) is 11.5 Å². The Morgan fingerprint density at radius 2 is 2.38 bits per heavy atom. The number of aliphatic imine (C=N–C) groups is 1. The number of hydrogen-bond acceptors (Lipinski definition) is 2. The highest BCUT2D eigenvalue weighted by Crippen LogP contribution is 2.31. The molecule has 2 rings (SSSR count). The number of carboxylic acids is 1. The van der Waals surface area contributed by atoms with E-state index in [2.05, 4.69) is 4.99 Å². The van der Waals surface area contributed by atoms with E-state index >= 15 is 0 Å². The van der Waals surface area contributed by atoms with Crippen molar-refractivity contribution < 1.29 is 14.7 Å². The number of hydrogen-bond donors (Lipinski definition) is 1. The lowest BCUT2D eigenvalue weighted by Crippen LogP contribution is -2.22. The Balaban J connectivity index is 2.38. The Labute approximate surface area is 75.0 Å². The van der Waals surface area contributed by atoms with Crippen molar-refractivity contribution in [2.45, 2.75) is 19.3 Å². The second-order valence-electron chi connectivity index (χ2n) is 3.29. The van der Waals surface area contributed by atoms with Gasteiger partial charge in [0.25, 0.3) is 5.91 Å². The molecule has 68 valence electrons. The first-order chi connectivity index (χ1) is 6.18. The quantitative estimate of drug-likeness (QED) is 0.646. The average Bonchev–Trinajstić information content (AvgIpc) is 2.49. The molecule has 0 radical (unpaired) electrons. The van der Waals surface area contributed by atoms with Crippen LogP contribution in [0.4, 0.5) is 0 Å². The fourth-order valence-corrected chi connectivity index (χ4v) is 1.92. The maximum atomic E-state index is 11.0. The molecule has 4 heteroatoms. The van der Waals surface area contributed by atoms with Crippen molar-refractivity contribution in [3.05, 3.63) is 11.6 Å². The van der Waals surface area contributed by atoms with Gasteiger partial charge in [-0.1, -0.05) is 0 Å². The Morgan fingerprint density at radius 3 is 3.08 bits per heavy atom. The molecule has 2 aliphatic rings. The van der Waals surface area contributed by atoms with Crippen molar-refractivity contribution in [3.63, 3.8) is 0 Å². The highest BCUT2D eigenvalue weighted by atomic mass is 16.4. The molecule has 0 aromatic rings. The number of nitrogens with zero attached hydrogens (tertiary/aromatic N) is 1. The van der Waals surface area contributed by atoms with Crippen molar-refractivity contribution in [1.29, 1.82) is 0 Å². The van der Waals surface area contributed by atoms with Gasteiger partial charge in [-0.15, -0.1) is 0 Å². The highest BCUT2D eigenvalue weighted by molar-refractivity contribution is 6.12. The lowest BCUT2D eigenvalue weighted by molar-refractivity contribution is -0.133. The van der Waals surface area contributed by atoms with Gasteiger partial charge in [-0.2, -0.15) is 0 Å². The third-order valence-corrected chi connectivity index (χ3v) is 2.48. The summed E-state index contributed by atoms with van der Waals surface area (Å²) >= 11 is 0. The van der Waals surface area contributed by atoms with Crippen LogP contribution in [0.2, 0.25) is 0 Å². The van der Waals surface area contributed by atoms with Crippen LogP contribution in [0.5, 0.6) is 0 Å². The fourth-order valence-electron chi connectivity index (χ4n) is 1.92. The number of carbonyl (C=O) groups is 2. The predicted molar refractivity (Wildman–Crippen MR) is 45.5 cm³/mol. The van der Waals surface area contributed by atoms with Gasteiger partial charge >= 0.3 is 5.97 Å². The first-order valence-corrected chi connectivity index (χ1v) is 4.25. The first-order valence-electron chi connectivity index (χ1n) is 4.25. The minimum Gasteiger partial charge on any atom is -0.478 e. The monoisotopic (exact) mass is 179 g/mol. The summed E-state index contributed by atoms with van der Waals surface area (Å²) in [6.45, 7) is 0. The Morgan fingerprint density at radius 1 is 1.62 bits per heavy atom. The van der Waals surface area contributed by atoms with Crippen molar-refractivity contribution in [3.8, 4) is 0 Å². The molecular weight excluding hydrogens is 170 g/mol. The van der Waals surface area contributed by atoms with Gasteiger partial charge in [-0.25, -0.2) is 9.79 Å². The molecule has 4 nitrogen and oxygen atoms in total. The van der Waals surface area contributed by atoms with Crippen LogP contribution in [0.3, 0.4) is 0 Å². The first kappa shape index (κ1) is 8.16. The molecule has 1 heterocycles. The van der Waals surface area contributed by atoms with Gasteiger partial charge in [0.2, 0.25) is 0 Å². The molecule has 1 fully saturated rings. The van der Waals surface area contributed by atoms with Crippen LogP contribution in [-0.2, 0) is 9.59 Å². The fraction of sp³-hybridized carbons (Fsp3) is 0.444. The summed E-state index contributed by atoms with van der Waals surface area (Å²) in [5.74, 6) is -1.52. The predicted octanol–water partition coefficient (Wildman–Crippen LogP) is 0.779. The van der Waals surface area contributed by atoms with Gasteiger partial charge in [0.15, 0.2) is 0 Å². The Hall–Kier alpha value is -1.45. The van der Waals surface area contributed by atoms with Crippen LogP contribution in [-0.4, -0.2) is 22.7 Å². The van der Waals surface area contributed by atoms with Crippen molar-refractivity contribution in [1.82, 2.24) is 0 Å².